The first kappa shape index (κ1) is 24.2. The number of benzene rings is 1. The van der Waals surface area contributed by atoms with Crippen molar-refractivity contribution in [2.45, 2.75) is 63.4 Å². The molecule has 4 heterocycles. The third-order valence-electron chi connectivity index (χ3n) is 8.28. The molecule has 3 amide bonds. The zero-order chi connectivity index (χ0) is 24.5. The number of likely N-dealkylation sites (tertiary alicyclic amines) is 1. The van der Waals surface area contributed by atoms with Gasteiger partial charge in [-0.15, -0.1) is 0 Å². The van der Waals surface area contributed by atoms with E-state index in [1.54, 1.807) is 19.1 Å². The summed E-state index contributed by atoms with van der Waals surface area (Å²) in [5.41, 5.74) is 2.77. The SMILES string of the molecule is COC(OC)C1CCN(C2CCN(c3ccc4c(c3)CN(C3CCC(=O)NC3=O)C4=O)CC2)CC1. The summed E-state index contributed by atoms with van der Waals surface area (Å²) in [6, 6.07) is 6.08. The van der Waals surface area contributed by atoms with Crippen molar-refractivity contribution in [3.05, 3.63) is 29.3 Å². The average molecular weight is 485 g/mol. The Kier molecular flexibility index (Phi) is 7.09. The Morgan fingerprint density at radius 3 is 2.31 bits per heavy atom. The molecule has 9 heteroatoms. The number of nitrogens with one attached hydrogen (secondary N) is 1. The molecule has 4 aliphatic rings. The summed E-state index contributed by atoms with van der Waals surface area (Å²) in [6.45, 7) is 4.59. The largest absolute Gasteiger partial charge is 0.371 e. The van der Waals surface area contributed by atoms with Crippen molar-refractivity contribution in [3.63, 3.8) is 0 Å². The molecule has 0 spiro atoms. The maximum Gasteiger partial charge on any atom is 0.255 e. The maximum absolute atomic E-state index is 13.0. The van der Waals surface area contributed by atoms with Gasteiger partial charge in [0.1, 0.15) is 6.04 Å². The van der Waals surface area contributed by atoms with Crippen LogP contribution in [0.25, 0.3) is 0 Å². The number of rotatable bonds is 6. The van der Waals surface area contributed by atoms with Crippen molar-refractivity contribution in [2.75, 3.05) is 45.3 Å². The van der Waals surface area contributed by atoms with Crippen molar-refractivity contribution in [1.82, 2.24) is 15.1 Å². The molecular formula is C26H36N4O5. The van der Waals surface area contributed by atoms with E-state index in [1.807, 2.05) is 12.1 Å². The second-order valence-corrected chi connectivity index (χ2v) is 10.2. The molecule has 4 aliphatic heterocycles. The van der Waals surface area contributed by atoms with Crippen LogP contribution in [0.1, 0.15) is 54.4 Å². The number of fused-ring (bicyclic) bond motifs is 1. The Labute approximate surface area is 206 Å². The fourth-order valence-electron chi connectivity index (χ4n) is 6.28. The molecule has 35 heavy (non-hydrogen) atoms. The number of carbonyl (C=O) groups excluding carboxylic acids is 3. The van der Waals surface area contributed by atoms with E-state index >= 15 is 0 Å². The summed E-state index contributed by atoms with van der Waals surface area (Å²) in [4.78, 5) is 43.4. The summed E-state index contributed by atoms with van der Waals surface area (Å²) in [7, 11) is 3.44. The van der Waals surface area contributed by atoms with E-state index in [0.717, 1.165) is 63.1 Å². The molecule has 0 aliphatic carbocycles. The minimum Gasteiger partial charge on any atom is -0.371 e. The zero-order valence-electron chi connectivity index (χ0n) is 20.7. The van der Waals surface area contributed by atoms with Gasteiger partial charge in [0, 0.05) is 63.5 Å². The normalized spacial score (nSPS) is 24.9. The minimum absolute atomic E-state index is 0.100. The molecule has 0 saturated carbocycles. The lowest BCUT2D eigenvalue weighted by atomic mass is 9.92. The van der Waals surface area contributed by atoms with E-state index in [9.17, 15) is 14.4 Å². The molecule has 1 unspecified atom stereocenters. The molecule has 9 nitrogen and oxygen atoms in total. The van der Waals surface area contributed by atoms with Crippen molar-refractivity contribution >= 4 is 23.4 Å². The summed E-state index contributed by atoms with van der Waals surface area (Å²) >= 11 is 0. The molecule has 0 bridgehead atoms. The van der Waals surface area contributed by atoms with Crippen LogP contribution in [0.15, 0.2) is 18.2 Å². The molecule has 3 saturated heterocycles. The zero-order valence-corrected chi connectivity index (χ0v) is 20.7. The standard InChI is InChI=1S/C26H36N4O5/c1-34-26(35-2)17-7-11-28(12-8-17)19-9-13-29(14-10-19)20-3-4-21-18(15-20)16-30(25(21)33)22-5-6-23(31)27-24(22)32/h3-4,15,17,19,22,26H,5-14,16H2,1-2H3,(H,27,31,32). The first-order valence-corrected chi connectivity index (χ1v) is 12.8. The fourth-order valence-corrected chi connectivity index (χ4v) is 6.28. The number of nitrogens with zero attached hydrogens (tertiary/aromatic N) is 3. The van der Waals surface area contributed by atoms with Crippen molar-refractivity contribution in [2.24, 2.45) is 5.92 Å². The highest BCUT2D eigenvalue weighted by atomic mass is 16.7. The Morgan fingerprint density at radius 1 is 0.943 bits per heavy atom. The molecule has 3 fully saturated rings. The Morgan fingerprint density at radius 2 is 1.66 bits per heavy atom. The maximum atomic E-state index is 13.0. The smallest absolute Gasteiger partial charge is 0.255 e. The third kappa shape index (κ3) is 4.81. The lowest BCUT2D eigenvalue weighted by Crippen LogP contribution is -2.52. The predicted octanol–water partition coefficient (Wildman–Crippen LogP) is 1.75. The van der Waals surface area contributed by atoms with E-state index in [2.05, 4.69) is 21.2 Å². The molecular weight excluding hydrogens is 448 g/mol. The predicted molar refractivity (Wildman–Crippen MR) is 130 cm³/mol. The molecule has 190 valence electrons. The van der Waals surface area contributed by atoms with Crippen LogP contribution < -0.4 is 10.2 Å². The molecule has 1 aromatic rings. The van der Waals surface area contributed by atoms with Crippen LogP contribution in [0.5, 0.6) is 0 Å². The number of ether oxygens (including phenoxy) is 2. The van der Waals surface area contributed by atoms with Gasteiger partial charge in [-0.2, -0.15) is 0 Å². The summed E-state index contributed by atoms with van der Waals surface area (Å²) in [5, 5.41) is 2.37. The van der Waals surface area contributed by atoms with Crippen molar-refractivity contribution < 1.29 is 23.9 Å². The lowest BCUT2D eigenvalue weighted by Gasteiger charge is -2.43. The number of methoxy groups -OCH3 is 2. The van der Waals surface area contributed by atoms with Crippen LogP contribution in [-0.2, 0) is 25.6 Å². The number of amides is 3. The van der Waals surface area contributed by atoms with Gasteiger partial charge in [-0.25, -0.2) is 0 Å². The van der Waals surface area contributed by atoms with E-state index in [4.69, 9.17) is 9.47 Å². The Hall–Kier alpha value is -2.49. The number of hydrogen-bond acceptors (Lipinski definition) is 7. The topological polar surface area (TPSA) is 91.4 Å². The minimum atomic E-state index is -0.570. The van der Waals surface area contributed by atoms with Gasteiger partial charge in [-0.3, -0.25) is 19.7 Å². The average Bonchev–Trinajstić information content (AvgIpc) is 3.21. The molecule has 1 atom stereocenters. The highest BCUT2D eigenvalue weighted by molar-refractivity contribution is 6.05. The van der Waals surface area contributed by atoms with Gasteiger partial charge in [-0.1, -0.05) is 0 Å². The van der Waals surface area contributed by atoms with E-state index < -0.39 is 6.04 Å². The van der Waals surface area contributed by atoms with E-state index in [-0.39, 0.29) is 30.4 Å². The fraction of sp³-hybridized carbons (Fsp3) is 0.654. The molecule has 0 aromatic heterocycles. The Balaban J connectivity index is 1.16. The van der Waals surface area contributed by atoms with E-state index in [0.29, 0.717) is 30.5 Å². The first-order valence-electron chi connectivity index (χ1n) is 12.8. The highest BCUT2D eigenvalue weighted by Gasteiger charge is 2.39. The van der Waals surface area contributed by atoms with Crippen LogP contribution in [-0.4, -0.2) is 86.3 Å². The lowest BCUT2D eigenvalue weighted by molar-refractivity contribution is -0.148. The summed E-state index contributed by atoms with van der Waals surface area (Å²) in [6.07, 6.45) is 5.02. The number of anilines is 1. The van der Waals surface area contributed by atoms with Gasteiger partial charge >= 0.3 is 0 Å². The second-order valence-electron chi connectivity index (χ2n) is 10.2. The van der Waals surface area contributed by atoms with Gasteiger partial charge in [0.2, 0.25) is 11.8 Å². The van der Waals surface area contributed by atoms with Crippen LogP contribution in [0.4, 0.5) is 5.69 Å². The number of imide groups is 1. The van der Waals surface area contributed by atoms with Crippen molar-refractivity contribution in [3.8, 4) is 0 Å². The van der Waals surface area contributed by atoms with Crippen LogP contribution in [0.3, 0.4) is 0 Å². The van der Waals surface area contributed by atoms with Gasteiger partial charge in [-0.05, 0) is 69.0 Å². The molecule has 1 N–H and O–H groups in total. The molecule has 1 aromatic carbocycles. The number of piperidine rings is 3. The Bertz CT molecular complexity index is 964. The van der Waals surface area contributed by atoms with E-state index in [1.165, 1.54) is 0 Å². The second kappa shape index (κ2) is 10.2. The first-order chi connectivity index (χ1) is 17.0. The third-order valence-corrected chi connectivity index (χ3v) is 8.28. The van der Waals surface area contributed by atoms with Gasteiger partial charge in [0.25, 0.3) is 5.91 Å². The monoisotopic (exact) mass is 484 g/mol. The number of hydrogen-bond donors (Lipinski definition) is 1. The van der Waals surface area contributed by atoms with Crippen molar-refractivity contribution in [1.29, 1.82) is 0 Å². The van der Waals surface area contributed by atoms with Gasteiger partial charge in [0.15, 0.2) is 6.29 Å². The summed E-state index contributed by atoms with van der Waals surface area (Å²) < 4.78 is 10.9. The van der Waals surface area contributed by atoms with Gasteiger partial charge < -0.3 is 24.2 Å². The highest BCUT2D eigenvalue weighted by Crippen LogP contribution is 2.33. The summed E-state index contributed by atoms with van der Waals surface area (Å²) in [5.74, 6) is -0.282. The molecule has 5 rings (SSSR count). The van der Waals surface area contributed by atoms with Crippen LogP contribution in [0, 0.1) is 5.92 Å². The number of carbonyl (C=O) groups is 3. The quantitative estimate of drug-likeness (QED) is 0.486. The van der Waals surface area contributed by atoms with Gasteiger partial charge in [0.05, 0.1) is 0 Å². The van der Waals surface area contributed by atoms with Crippen LogP contribution >= 0.6 is 0 Å². The molecule has 0 radical (unpaired) electrons. The van der Waals surface area contributed by atoms with Crippen LogP contribution in [0.2, 0.25) is 0 Å².